The van der Waals surface area contributed by atoms with Gasteiger partial charge in [-0.1, -0.05) is 78.4 Å². The zero-order valence-electron chi connectivity index (χ0n) is 25.8. The monoisotopic (exact) mass is 613 g/mol. The van der Waals surface area contributed by atoms with E-state index in [-0.39, 0.29) is 29.5 Å². The molecule has 0 aliphatic rings. The molecular formula is C35H39N3O5S. The summed E-state index contributed by atoms with van der Waals surface area (Å²) in [5.41, 5.74) is 4.60. The predicted molar refractivity (Wildman–Crippen MR) is 173 cm³/mol. The lowest BCUT2D eigenvalue weighted by atomic mass is 10.0. The Morgan fingerprint density at radius 2 is 1.48 bits per heavy atom. The first-order valence-electron chi connectivity index (χ1n) is 14.4. The Kier molecular flexibility index (Phi) is 10.4. The topological polar surface area (TPSA) is 96.0 Å². The largest absolute Gasteiger partial charge is 0.495 e. The maximum Gasteiger partial charge on any atom is 0.264 e. The van der Waals surface area contributed by atoms with E-state index in [2.05, 4.69) is 5.32 Å². The maximum absolute atomic E-state index is 14.5. The maximum atomic E-state index is 14.5. The van der Waals surface area contributed by atoms with Crippen LogP contribution in [-0.4, -0.2) is 51.9 Å². The van der Waals surface area contributed by atoms with E-state index in [1.165, 1.54) is 31.2 Å². The van der Waals surface area contributed by atoms with Crippen molar-refractivity contribution in [2.45, 2.75) is 44.7 Å². The van der Waals surface area contributed by atoms with Crippen LogP contribution >= 0.6 is 0 Å². The minimum Gasteiger partial charge on any atom is -0.495 e. The zero-order chi connectivity index (χ0) is 31.9. The number of likely N-dealkylation sites (N-methyl/N-ethyl adjacent to an activating group) is 1. The molecule has 1 atom stereocenters. The number of carbonyl (C=O) groups excluding carboxylic acids is 2. The van der Waals surface area contributed by atoms with Gasteiger partial charge in [0.15, 0.2) is 0 Å². The summed E-state index contributed by atoms with van der Waals surface area (Å²) in [6.45, 7) is 5.21. The molecule has 1 N–H and O–H groups in total. The number of benzene rings is 4. The second-order valence-electron chi connectivity index (χ2n) is 10.8. The highest BCUT2D eigenvalue weighted by Gasteiger charge is 2.35. The fourth-order valence-electron chi connectivity index (χ4n) is 5.04. The van der Waals surface area contributed by atoms with Crippen LogP contribution in [0.1, 0.15) is 27.8 Å². The van der Waals surface area contributed by atoms with Crippen LogP contribution in [0.25, 0.3) is 0 Å². The summed E-state index contributed by atoms with van der Waals surface area (Å²) < 4.78 is 35.2. The van der Waals surface area contributed by atoms with E-state index in [0.29, 0.717) is 5.75 Å². The molecule has 2 amide bonds. The van der Waals surface area contributed by atoms with Gasteiger partial charge in [0, 0.05) is 20.0 Å². The van der Waals surface area contributed by atoms with Crippen LogP contribution < -0.4 is 14.4 Å². The molecule has 0 aliphatic carbocycles. The molecule has 0 saturated heterocycles. The first-order chi connectivity index (χ1) is 21.0. The standard InChI is InChI=1S/C35H39N3O5S/c1-25-15-18-30(19-16-25)44(41,42)38(31-21-26(2)17-20-33(31)43-5)24-34(39)37(23-29-14-10-9-11-27(29)3)32(35(40)36-4)22-28-12-7-6-8-13-28/h6-21,32H,22-24H2,1-5H3,(H,36,40)/t32-/m0/s1. The molecule has 4 aromatic rings. The summed E-state index contributed by atoms with van der Waals surface area (Å²) in [7, 11) is -1.25. The number of carbonyl (C=O) groups is 2. The average Bonchev–Trinajstić information content (AvgIpc) is 3.02. The molecule has 0 saturated carbocycles. The van der Waals surface area contributed by atoms with E-state index in [0.717, 1.165) is 32.1 Å². The van der Waals surface area contributed by atoms with Gasteiger partial charge < -0.3 is 15.0 Å². The van der Waals surface area contributed by atoms with Crippen LogP contribution in [0.4, 0.5) is 5.69 Å². The fourth-order valence-corrected chi connectivity index (χ4v) is 6.45. The van der Waals surface area contributed by atoms with E-state index in [9.17, 15) is 18.0 Å². The minimum absolute atomic E-state index is 0.0389. The Labute approximate surface area is 260 Å². The SMILES string of the molecule is CNC(=O)[C@H](Cc1ccccc1)N(Cc1ccccc1C)C(=O)CN(c1cc(C)ccc1OC)S(=O)(=O)c1ccc(C)cc1. The third-order valence-electron chi connectivity index (χ3n) is 7.61. The Hall–Kier alpha value is -4.63. The number of ether oxygens (including phenoxy) is 1. The van der Waals surface area contributed by atoms with Gasteiger partial charge in [-0.2, -0.15) is 0 Å². The lowest BCUT2D eigenvalue weighted by Gasteiger charge is -2.34. The first-order valence-corrected chi connectivity index (χ1v) is 15.8. The molecule has 8 nitrogen and oxygen atoms in total. The molecule has 4 aromatic carbocycles. The molecule has 0 bridgehead atoms. The number of rotatable bonds is 12. The van der Waals surface area contributed by atoms with Crippen LogP contribution in [0.3, 0.4) is 0 Å². The third-order valence-corrected chi connectivity index (χ3v) is 9.38. The summed E-state index contributed by atoms with van der Waals surface area (Å²) in [6, 6.07) is 27.8. The van der Waals surface area contributed by atoms with Crippen molar-refractivity contribution in [3.8, 4) is 5.75 Å². The van der Waals surface area contributed by atoms with Crippen molar-refractivity contribution in [2.24, 2.45) is 0 Å². The number of anilines is 1. The van der Waals surface area contributed by atoms with Crippen LogP contribution in [-0.2, 0) is 32.6 Å². The smallest absolute Gasteiger partial charge is 0.264 e. The number of nitrogens with one attached hydrogen (secondary N) is 1. The molecule has 0 radical (unpaired) electrons. The minimum atomic E-state index is -4.23. The van der Waals surface area contributed by atoms with Crippen LogP contribution in [0.5, 0.6) is 5.75 Å². The van der Waals surface area contributed by atoms with Crippen LogP contribution in [0.2, 0.25) is 0 Å². The van der Waals surface area contributed by atoms with Crippen LogP contribution in [0, 0.1) is 20.8 Å². The van der Waals surface area contributed by atoms with Gasteiger partial charge in [0.2, 0.25) is 11.8 Å². The Morgan fingerprint density at radius 3 is 2.11 bits per heavy atom. The van der Waals surface area contributed by atoms with E-state index in [1.807, 2.05) is 81.4 Å². The van der Waals surface area contributed by atoms with Gasteiger partial charge in [-0.3, -0.25) is 13.9 Å². The van der Waals surface area contributed by atoms with Gasteiger partial charge in [0.25, 0.3) is 10.0 Å². The molecular weight excluding hydrogens is 574 g/mol. The zero-order valence-corrected chi connectivity index (χ0v) is 26.6. The summed E-state index contributed by atoms with van der Waals surface area (Å²) in [6.07, 6.45) is 0.247. The number of hydrogen-bond donors (Lipinski definition) is 1. The molecule has 9 heteroatoms. The number of sulfonamides is 1. The van der Waals surface area contributed by atoms with Crippen LogP contribution in [0.15, 0.2) is 102 Å². The molecule has 0 spiro atoms. The number of amides is 2. The molecule has 0 aromatic heterocycles. The second-order valence-corrected chi connectivity index (χ2v) is 12.6. The lowest BCUT2D eigenvalue weighted by Crippen LogP contribution is -2.53. The van der Waals surface area contributed by atoms with E-state index >= 15 is 0 Å². The number of hydrogen-bond acceptors (Lipinski definition) is 5. The van der Waals surface area contributed by atoms with Gasteiger partial charge in [-0.25, -0.2) is 8.42 Å². The molecule has 0 fully saturated rings. The summed E-state index contributed by atoms with van der Waals surface area (Å²) in [4.78, 5) is 29.5. The third kappa shape index (κ3) is 7.47. The molecule has 230 valence electrons. The van der Waals surface area contributed by atoms with E-state index in [4.69, 9.17) is 4.74 Å². The summed E-state index contributed by atoms with van der Waals surface area (Å²) in [5.74, 6) is -0.578. The van der Waals surface area contributed by atoms with Crippen molar-refractivity contribution >= 4 is 27.5 Å². The Morgan fingerprint density at radius 1 is 0.841 bits per heavy atom. The number of methoxy groups -OCH3 is 1. The molecule has 0 heterocycles. The van der Waals surface area contributed by atoms with Crippen molar-refractivity contribution in [1.29, 1.82) is 0 Å². The predicted octanol–water partition coefficient (Wildman–Crippen LogP) is 5.20. The van der Waals surface area contributed by atoms with E-state index in [1.54, 1.807) is 24.3 Å². The van der Waals surface area contributed by atoms with Gasteiger partial charge >= 0.3 is 0 Å². The molecule has 44 heavy (non-hydrogen) atoms. The average molecular weight is 614 g/mol. The van der Waals surface area contributed by atoms with Crippen molar-refractivity contribution in [2.75, 3.05) is 25.0 Å². The molecule has 0 aliphatic heterocycles. The second kappa shape index (κ2) is 14.2. The Bertz CT molecular complexity index is 1710. The summed E-state index contributed by atoms with van der Waals surface area (Å²) in [5, 5.41) is 2.71. The first kappa shape index (κ1) is 32.3. The van der Waals surface area contributed by atoms with Crippen molar-refractivity contribution in [3.05, 3.63) is 125 Å². The van der Waals surface area contributed by atoms with Gasteiger partial charge in [-0.15, -0.1) is 0 Å². The Balaban J connectivity index is 1.85. The highest BCUT2D eigenvalue weighted by molar-refractivity contribution is 7.92. The molecule has 0 unspecified atom stereocenters. The quantitative estimate of drug-likeness (QED) is 0.237. The highest BCUT2D eigenvalue weighted by Crippen LogP contribution is 2.34. The fraction of sp³-hybridized carbons (Fsp3) is 0.257. The highest BCUT2D eigenvalue weighted by atomic mass is 32.2. The van der Waals surface area contributed by atoms with Gasteiger partial charge in [-0.05, 0) is 67.3 Å². The number of aryl methyl sites for hydroxylation is 3. The van der Waals surface area contributed by atoms with Crippen molar-refractivity contribution in [1.82, 2.24) is 10.2 Å². The number of nitrogens with zero attached hydrogens (tertiary/aromatic N) is 2. The van der Waals surface area contributed by atoms with E-state index < -0.39 is 28.5 Å². The van der Waals surface area contributed by atoms with Gasteiger partial charge in [0.1, 0.15) is 18.3 Å². The molecule has 4 rings (SSSR count). The normalized spacial score (nSPS) is 11.8. The van der Waals surface area contributed by atoms with Crippen molar-refractivity contribution < 1.29 is 22.7 Å². The summed E-state index contributed by atoms with van der Waals surface area (Å²) >= 11 is 0. The van der Waals surface area contributed by atoms with Crippen molar-refractivity contribution in [3.63, 3.8) is 0 Å². The van der Waals surface area contributed by atoms with Gasteiger partial charge in [0.05, 0.1) is 17.7 Å². The lowest BCUT2D eigenvalue weighted by molar-refractivity contribution is -0.139.